The number of ether oxygens (including phenoxy) is 1. The van der Waals surface area contributed by atoms with Crippen molar-refractivity contribution < 1.29 is 14.3 Å². The number of primary amides is 1. The molecule has 1 rings (SSSR count). The first-order valence-electron chi connectivity index (χ1n) is 6.90. The molecule has 5 heteroatoms. The van der Waals surface area contributed by atoms with Crippen molar-refractivity contribution >= 4 is 12.0 Å². The Morgan fingerprint density at radius 1 is 1.25 bits per heavy atom. The minimum atomic E-state index is -0.535. The second kappa shape index (κ2) is 5.46. The van der Waals surface area contributed by atoms with Crippen molar-refractivity contribution in [2.45, 2.75) is 59.6 Å². The Balaban J connectivity index is 2.99. The Morgan fingerprint density at radius 3 is 2.20 bits per heavy atom. The van der Waals surface area contributed by atoms with E-state index >= 15 is 0 Å². The van der Waals surface area contributed by atoms with E-state index in [-0.39, 0.29) is 17.6 Å². The lowest BCUT2D eigenvalue weighted by Gasteiger charge is -2.42. The highest BCUT2D eigenvalue weighted by Gasteiger charge is 2.38. The van der Waals surface area contributed by atoms with Gasteiger partial charge in [-0.1, -0.05) is 26.8 Å². The van der Waals surface area contributed by atoms with Crippen LogP contribution in [-0.4, -0.2) is 35.1 Å². The first-order chi connectivity index (χ1) is 8.92. The summed E-state index contributed by atoms with van der Waals surface area (Å²) in [5.74, 6) is -0.414. The van der Waals surface area contributed by atoms with Crippen LogP contribution < -0.4 is 5.73 Å². The van der Waals surface area contributed by atoms with Crippen molar-refractivity contribution in [2.75, 3.05) is 6.54 Å². The fourth-order valence-electron chi connectivity index (χ4n) is 2.23. The Labute approximate surface area is 121 Å². The molecule has 1 atom stereocenters. The monoisotopic (exact) mass is 282 g/mol. The average Bonchev–Trinajstić information content (AvgIpc) is 2.24. The maximum atomic E-state index is 12.3. The lowest BCUT2D eigenvalue weighted by molar-refractivity contribution is -0.115. The molecule has 1 aliphatic heterocycles. The molecule has 1 unspecified atom stereocenters. The topological polar surface area (TPSA) is 72.6 Å². The first-order valence-corrected chi connectivity index (χ1v) is 6.90. The fraction of sp³-hybridized carbons (Fsp3) is 0.733. The Hall–Kier alpha value is -1.52. The second-order valence-corrected chi connectivity index (χ2v) is 7.31. The van der Waals surface area contributed by atoms with Gasteiger partial charge in [0.2, 0.25) is 5.91 Å². The summed E-state index contributed by atoms with van der Waals surface area (Å²) in [6.45, 7) is 12.0. The van der Waals surface area contributed by atoms with E-state index in [0.29, 0.717) is 18.5 Å². The molecule has 5 nitrogen and oxygen atoms in total. The third-order valence-corrected chi connectivity index (χ3v) is 3.27. The Kier molecular flexibility index (Phi) is 4.52. The first kappa shape index (κ1) is 16.5. The largest absolute Gasteiger partial charge is 0.444 e. The molecule has 0 fully saturated rings. The molecule has 2 amide bonds. The normalized spacial score (nSPS) is 20.4. The standard InChI is InChI=1S/C15H26N2O3/c1-14(2,3)11-9-10(12(16)18)7-8-17(11)13(19)20-15(4,5)6/h7,11H,8-9H2,1-6H3,(H2,16,18). The lowest BCUT2D eigenvalue weighted by Crippen LogP contribution is -2.51. The number of carbonyl (C=O) groups is 2. The molecule has 0 aromatic heterocycles. The molecule has 1 heterocycles. The van der Waals surface area contributed by atoms with Crippen LogP contribution in [0.5, 0.6) is 0 Å². The van der Waals surface area contributed by atoms with Crippen LogP contribution in [0.15, 0.2) is 11.6 Å². The van der Waals surface area contributed by atoms with Crippen molar-refractivity contribution in [3.63, 3.8) is 0 Å². The number of nitrogens with zero attached hydrogens (tertiary/aromatic N) is 1. The van der Waals surface area contributed by atoms with Crippen LogP contribution in [0.1, 0.15) is 48.0 Å². The molecule has 2 N–H and O–H groups in total. The molecule has 0 radical (unpaired) electrons. The summed E-state index contributed by atoms with van der Waals surface area (Å²) in [7, 11) is 0. The molecule has 0 aromatic rings. The van der Waals surface area contributed by atoms with Crippen LogP contribution in [0, 0.1) is 5.41 Å². The molecule has 0 spiro atoms. The van der Waals surface area contributed by atoms with Gasteiger partial charge in [0.25, 0.3) is 0 Å². The van der Waals surface area contributed by atoms with Crippen molar-refractivity contribution in [1.29, 1.82) is 0 Å². The Morgan fingerprint density at radius 2 is 1.80 bits per heavy atom. The summed E-state index contributed by atoms with van der Waals surface area (Å²) in [5, 5.41) is 0. The summed E-state index contributed by atoms with van der Waals surface area (Å²) in [4.78, 5) is 25.3. The third-order valence-electron chi connectivity index (χ3n) is 3.27. The van der Waals surface area contributed by atoms with E-state index in [4.69, 9.17) is 10.5 Å². The Bertz CT molecular complexity index is 427. The maximum Gasteiger partial charge on any atom is 0.410 e. The number of rotatable bonds is 1. The predicted octanol–water partition coefficient (Wildman–Crippen LogP) is 2.45. The van der Waals surface area contributed by atoms with Crippen LogP contribution >= 0.6 is 0 Å². The van der Waals surface area contributed by atoms with Gasteiger partial charge in [0, 0.05) is 18.2 Å². The minimum Gasteiger partial charge on any atom is -0.444 e. The van der Waals surface area contributed by atoms with Gasteiger partial charge in [-0.15, -0.1) is 0 Å². The van der Waals surface area contributed by atoms with Crippen LogP contribution in [-0.2, 0) is 9.53 Å². The molecule has 0 saturated heterocycles. The van der Waals surface area contributed by atoms with Crippen molar-refractivity contribution in [1.82, 2.24) is 4.90 Å². The summed E-state index contributed by atoms with van der Waals surface area (Å²) in [6, 6.07) is -0.107. The average molecular weight is 282 g/mol. The lowest BCUT2D eigenvalue weighted by atomic mass is 9.80. The molecular weight excluding hydrogens is 256 g/mol. The van der Waals surface area contributed by atoms with E-state index in [9.17, 15) is 9.59 Å². The zero-order chi connectivity index (χ0) is 15.7. The van der Waals surface area contributed by atoms with Gasteiger partial charge >= 0.3 is 6.09 Å². The van der Waals surface area contributed by atoms with Gasteiger partial charge in [-0.25, -0.2) is 4.79 Å². The molecule has 0 saturated carbocycles. The van der Waals surface area contributed by atoms with Gasteiger partial charge in [-0.05, 0) is 32.6 Å². The summed E-state index contributed by atoms with van der Waals surface area (Å²) >= 11 is 0. The van der Waals surface area contributed by atoms with Crippen molar-refractivity contribution in [3.8, 4) is 0 Å². The van der Waals surface area contributed by atoms with E-state index in [1.54, 1.807) is 11.0 Å². The van der Waals surface area contributed by atoms with Crippen molar-refractivity contribution in [3.05, 3.63) is 11.6 Å². The molecule has 0 aromatic carbocycles. The summed E-state index contributed by atoms with van der Waals surface area (Å²) in [5.41, 5.74) is 5.25. The molecule has 1 aliphatic rings. The van der Waals surface area contributed by atoms with Crippen LogP contribution in [0.2, 0.25) is 0 Å². The van der Waals surface area contributed by atoms with Gasteiger partial charge in [0.1, 0.15) is 5.60 Å². The number of hydrogen-bond acceptors (Lipinski definition) is 3. The molecule has 0 bridgehead atoms. The summed E-state index contributed by atoms with van der Waals surface area (Å²) in [6.07, 6.45) is 1.84. The van der Waals surface area contributed by atoms with Gasteiger partial charge in [0.05, 0.1) is 0 Å². The second-order valence-electron chi connectivity index (χ2n) is 7.31. The zero-order valence-electron chi connectivity index (χ0n) is 13.3. The number of hydrogen-bond donors (Lipinski definition) is 1. The molecular formula is C15H26N2O3. The fourth-order valence-corrected chi connectivity index (χ4v) is 2.23. The zero-order valence-corrected chi connectivity index (χ0v) is 13.3. The van der Waals surface area contributed by atoms with E-state index < -0.39 is 11.5 Å². The number of carbonyl (C=O) groups excluding carboxylic acids is 2. The van der Waals surface area contributed by atoms with Crippen molar-refractivity contribution in [2.24, 2.45) is 11.1 Å². The highest BCUT2D eigenvalue weighted by Crippen LogP contribution is 2.33. The highest BCUT2D eigenvalue weighted by atomic mass is 16.6. The van der Waals surface area contributed by atoms with Gasteiger partial charge < -0.3 is 15.4 Å². The summed E-state index contributed by atoms with van der Waals surface area (Å²) < 4.78 is 5.44. The van der Waals surface area contributed by atoms with Crippen LogP contribution in [0.4, 0.5) is 4.79 Å². The third kappa shape index (κ3) is 4.25. The van der Waals surface area contributed by atoms with E-state index in [2.05, 4.69) is 0 Å². The number of nitrogens with two attached hydrogens (primary N) is 1. The van der Waals surface area contributed by atoms with Gasteiger partial charge in [-0.2, -0.15) is 0 Å². The maximum absolute atomic E-state index is 12.3. The van der Waals surface area contributed by atoms with E-state index in [0.717, 1.165) is 0 Å². The minimum absolute atomic E-state index is 0.107. The molecule has 20 heavy (non-hydrogen) atoms. The SMILES string of the molecule is CC(C)(C)OC(=O)N1CC=C(C(N)=O)CC1C(C)(C)C. The van der Waals surface area contributed by atoms with Gasteiger partial charge in [-0.3, -0.25) is 4.79 Å². The molecule has 0 aliphatic carbocycles. The predicted molar refractivity (Wildman–Crippen MR) is 78.1 cm³/mol. The molecule has 114 valence electrons. The quantitative estimate of drug-likeness (QED) is 0.803. The van der Waals surface area contributed by atoms with Crippen LogP contribution in [0.3, 0.4) is 0 Å². The highest BCUT2D eigenvalue weighted by molar-refractivity contribution is 5.92. The smallest absolute Gasteiger partial charge is 0.410 e. The van der Waals surface area contributed by atoms with Crippen LogP contribution in [0.25, 0.3) is 0 Å². The van der Waals surface area contributed by atoms with E-state index in [1.807, 2.05) is 41.5 Å². The van der Waals surface area contributed by atoms with E-state index in [1.165, 1.54) is 0 Å². The number of amides is 2. The van der Waals surface area contributed by atoms with Gasteiger partial charge in [0.15, 0.2) is 0 Å².